The first-order chi connectivity index (χ1) is 15.1. The van der Waals surface area contributed by atoms with Crippen LogP contribution in [0, 0.1) is 13.8 Å². The van der Waals surface area contributed by atoms with Gasteiger partial charge in [-0.05, 0) is 61.7 Å². The van der Waals surface area contributed by atoms with E-state index in [2.05, 4.69) is 10.5 Å². The molecule has 3 rings (SSSR count). The minimum absolute atomic E-state index is 0.219. The number of carbonyl (C=O) groups is 1. The number of hydrazone groups is 1. The summed E-state index contributed by atoms with van der Waals surface area (Å²) in [7, 11) is -3.51. The predicted molar refractivity (Wildman–Crippen MR) is 130 cm³/mol. The van der Waals surface area contributed by atoms with Crippen molar-refractivity contribution in [2.75, 3.05) is 10.6 Å². The van der Waals surface area contributed by atoms with Crippen molar-refractivity contribution in [1.29, 1.82) is 0 Å². The van der Waals surface area contributed by atoms with Crippen molar-refractivity contribution < 1.29 is 13.2 Å². The van der Waals surface area contributed by atoms with E-state index in [1.54, 1.807) is 24.3 Å². The number of nitrogens with one attached hydrogen (secondary N) is 1. The van der Waals surface area contributed by atoms with Crippen molar-refractivity contribution in [1.82, 2.24) is 5.43 Å². The zero-order chi connectivity index (χ0) is 23.3. The van der Waals surface area contributed by atoms with Crippen molar-refractivity contribution in [2.24, 2.45) is 5.10 Å². The van der Waals surface area contributed by atoms with E-state index in [4.69, 9.17) is 0 Å². The lowest BCUT2D eigenvalue weighted by atomic mass is 10.1. The summed E-state index contributed by atoms with van der Waals surface area (Å²) < 4.78 is 26.2. The van der Waals surface area contributed by atoms with E-state index in [0.717, 1.165) is 22.3 Å². The highest BCUT2D eigenvalue weighted by Gasteiger charge is 2.19. The van der Waals surface area contributed by atoms with Gasteiger partial charge in [0.25, 0.3) is 5.91 Å². The van der Waals surface area contributed by atoms with Crippen LogP contribution in [-0.4, -0.2) is 26.3 Å². The van der Waals surface area contributed by atoms with Crippen LogP contribution in [0.3, 0.4) is 0 Å². The summed E-state index contributed by atoms with van der Waals surface area (Å²) in [6, 6.07) is 22.0. The SMILES string of the molecule is C/C(=N/NC(=O)c1ccc(N(Cc2ccccc2C)S(C)(=O)=O)cc1)c1ccc(C)cc1. The molecular formula is C25H27N3O3S. The van der Waals surface area contributed by atoms with Gasteiger partial charge in [0.2, 0.25) is 10.0 Å². The van der Waals surface area contributed by atoms with Crippen LogP contribution in [0.25, 0.3) is 0 Å². The highest BCUT2D eigenvalue weighted by molar-refractivity contribution is 7.92. The van der Waals surface area contributed by atoms with Gasteiger partial charge in [0.05, 0.1) is 24.2 Å². The largest absolute Gasteiger partial charge is 0.271 e. The first kappa shape index (κ1) is 23.2. The molecule has 0 aliphatic heterocycles. The third-order valence-corrected chi connectivity index (χ3v) is 6.33. The monoisotopic (exact) mass is 449 g/mol. The fraction of sp³-hybridized carbons (Fsp3) is 0.200. The van der Waals surface area contributed by atoms with Crippen LogP contribution in [0.4, 0.5) is 5.69 Å². The van der Waals surface area contributed by atoms with Crippen LogP contribution < -0.4 is 9.73 Å². The van der Waals surface area contributed by atoms with Gasteiger partial charge in [-0.15, -0.1) is 0 Å². The number of amides is 1. The number of sulfonamides is 1. The van der Waals surface area contributed by atoms with Gasteiger partial charge in [-0.3, -0.25) is 9.10 Å². The summed E-state index contributed by atoms with van der Waals surface area (Å²) in [5.41, 5.74) is 8.13. The van der Waals surface area contributed by atoms with Crippen molar-refractivity contribution >= 4 is 27.3 Å². The topological polar surface area (TPSA) is 78.8 Å². The van der Waals surface area contributed by atoms with Crippen LogP contribution in [0.2, 0.25) is 0 Å². The van der Waals surface area contributed by atoms with Gasteiger partial charge in [0.1, 0.15) is 0 Å². The zero-order valence-corrected chi connectivity index (χ0v) is 19.5. The molecular weight excluding hydrogens is 422 g/mol. The summed E-state index contributed by atoms with van der Waals surface area (Å²) >= 11 is 0. The third-order valence-electron chi connectivity index (χ3n) is 5.19. The van der Waals surface area contributed by atoms with Gasteiger partial charge >= 0.3 is 0 Å². The predicted octanol–water partition coefficient (Wildman–Crippen LogP) is 4.42. The van der Waals surface area contributed by atoms with Crippen molar-refractivity contribution in [3.8, 4) is 0 Å². The molecule has 0 unspecified atom stereocenters. The van der Waals surface area contributed by atoms with E-state index in [-0.39, 0.29) is 12.5 Å². The van der Waals surface area contributed by atoms with Crippen molar-refractivity contribution in [3.63, 3.8) is 0 Å². The quantitative estimate of drug-likeness (QED) is 0.428. The molecule has 7 heteroatoms. The molecule has 32 heavy (non-hydrogen) atoms. The van der Waals surface area contributed by atoms with E-state index in [1.807, 2.05) is 69.3 Å². The van der Waals surface area contributed by atoms with E-state index < -0.39 is 10.0 Å². The number of anilines is 1. The lowest BCUT2D eigenvalue weighted by molar-refractivity contribution is 0.0955. The molecule has 0 heterocycles. The Bertz CT molecular complexity index is 1230. The molecule has 6 nitrogen and oxygen atoms in total. The Hall–Kier alpha value is -3.45. The molecule has 1 N–H and O–H groups in total. The molecule has 0 bridgehead atoms. The minimum Gasteiger partial charge on any atom is -0.267 e. The Kier molecular flexibility index (Phi) is 7.10. The Labute approximate surface area is 189 Å². The normalized spacial score (nSPS) is 11.8. The number of carbonyl (C=O) groups excluding carboxylic acids is 1. The Balaban J connectivity index is 1.76. The molecule has 0 saturated carbocycles. The van der Waals surface area contributed by atoms with Crippen molar-refractivity contribution in [3.05, 3.63) is 101 Å². The van der Waals surface area contributed by atoms with Crippen LogP contribution in [0.1, 0.15) is 39.5 Å². The maximum atomic E-state index is 12.5. The van der Waals surface area contributed by atoms with Gasteiger partial charge in [0, 0.05) is 5.56 Å². The second-order valence-corrected chi connectivity index (χ2v) is 9.65. The average Bonchev–Trinajstić information content (AvgIpc) is 2.76. The average molecular weight is 450 g/mol. The van der Waals surface area contributed by atoms with E-state index in [1.165, 1.54) is 10.6 Å². The number of hydrogen-bond donors (Lipinski definition) is 1. The molecule has 1 amide bonds. The number of nitrogens with zero attached hydrogens (tertiary/aromatic N) is 2. The smallest absolute Gasteiger partial charge is 0.267 e. The summed E-state index contributed by atoms with van der Waals surface area (Å²) in [6.45, 7) is 6.00. The molecule has 0 aromatic heterocycles. The van der Waals surface area contributed by atoms with E-state index in [0.29, 0.717) is 17.0 Å². The van der Waals surface area contributed by atoms with E-state index in [9.17, 15) is 13.2 Å². The fourth-order valence-corrected chi connectivity index (χ4v) is 4.06. The second-order valence-electron chi connectivity index (χ2n) is 7.75. The van der Waals surface area contributed by atoms with Crippen LogP contribution in [0.5, 0.6) is 0 Å². The van der Waals surface area contributed by atoms with Gasteiger partial charge in [-0.1, -0.05) is 54.1 Å². The lowest BCUT2D eigenvalue weighted by Crippen LogP contribution is -2.29. The Morgan fingerprint density at radius 2 is 1.50 bits per heavy atom. The Morgan fingerprint density at radius 1 is 0.906 bits per heavy atom. The van der Waals surface area contributed by atoms with Crippen LogP contribution in [-0.2, 0) is 16.6 Å². The molecule has 0 saturated heterocycles. The van der Waals surface area contributed by atoms with Gasteiger partial charge in [-0.2, -0.15) is 5.10 Å². The maximum absolute atomic E-state index is 12.5. The summed E-state index contributed by atoms with van der Waals surface area (Å²) in [5.74, 6) is -0.368. The lowest BCUT2D eigenvalue weighted by Gasteiger charge is -2.23. The zero-order valence-electron chi connectivity index (χ0n) is 18.7. The second kappa shape index (κ2) is 9.78. The molecule has 3 aromatic carbocycles. The number of hydrogen-bond acceptors (Lipinski definition) is 4. The van der Waals surface area contributed by atoms with Crippen LogP contribution in [0.15, 0.2) is 77.9 Å². The summed E-state index contributed by atoms with van der Waals surface area (Å²) in [4.78, 5) is 12.5. The maximum Gasteiger partial charge on any atom is 0.271 e. The van der Waals surface area contributed by atoms with Gasteiger partial charge in [0.15, 0.2) is 0 Å². The number of benzene rings is 3. The van der Waals surface area contributed by atoms with E-state index >= 15 is 0 Å². The first-order valence-corrected chi connectivity index (χ1v) is 12.0. The standard InChI is InChI=1S/C25H27N3O3S/c1-18-9-11-21(12-10-18)20(3)26-27-25(29)22-13-15-24(16-14-22)28(32(4,30)31)17-23-8-6-5-7-19(23)2/h5-16H,17H2,1-4H3,(H,27,29)/b26-20-. The minimum atomic E-state index is -3.51. The molecule has 0 fully saturated rings. The highest BCUT2D eigenvalue weighted by atomic mass is 32.2. The highest BCUT2D eigenvalue weighted by Crippen LogP contribution is 2.22. The Morgan fingerprint density at radius 3 is 2.09 bits per heavy atom. The van der Waals surface area contributed by atoms with Crippen LogP contribution >= 0.6 is 0 Å². The third kappa shape index (κ3) is 5.82. The molecule has 0 atom stereocenters. The summed E-state index contributed by atoms with van der Waals surface area (Å²) in [6.07, 6.45) is 1.18. The molecule has 0 spiro atoms. The van der Waals surface area contributed by atoms with Gasteiger partial charge < -0.3 is 0 Å². The molecule has 0 aliphatic rings. The number of rotatable bonds is 7. The molecule has 0 aliphatic carbocycles. The summed E-state index contributed by atoms with van der Waals surface area (Å²) in [5, 5.41) is 4.17. The fourth-order valence-electron chi connectivity index (χ4n) is 3.18. The number of aryl methyl sites for hydroxylation is 2. The molecule has 3 aromatic rings. The first-order valence-electron chi connectivity index (χ1n) is 10.2. The molecule has 166 valence electrons. The molecule has 0 radical (unpaired) electrons. The van der Waals surface area contributed by atoms with Crippen molar-refractivity contribution in [2.45, 2.75) is 27.3 Å². The van der Waals surface area contributed by atoms with Gasteiger partial charge in [-0.25, -0.2) is 13.8 Å².